The topological polar surface area (TPSA) is 89.1 Å². The Bertz CT molecular complexity index is 537. The van der Waals surface area contributed by atoms with E-state index in [1.165, 1.54) is 25.9 Å². The van der Waals surface area contributed by atoms with Gasteiger partial charge in [-0.25, -0.2) is 4.79 Å². The van der Waals surface area contributed by atoms with E-state index in [4.69, 9.17) is 0 Å². The van der Waals surface area contributed by atoms with Gasteiger partial charge in [-0.15, -0.1) is 0 Å². The quantitative estimate of drug-likeness (QED) is 0.376. The van der Waals surface area contributed by atoms with Crippen LogP contribution in [-0.2, 0) is 4.79 Å². The molecule has 3 N–H and O–H groups in total. The fourth-order valence-electron chi connectivity index (χ4n) is 4.18. The van der Waals surface area contributed by atoms with E-state index in [1.54, 1.807) is 0 Å². The molecule has 25 heavy (non-hydrogen) atoms. The summed E-state index contributed by atoms with van der Waals surface area (Å²) in [7, 11) is 1.82. The predicted molar refractivity (Wildman–Crippen MR) is 96.4 cm³/mol. The normalized spacial score (nSPS) is 29.0. The maximum Gasteiger partial charge on any atom is 0.322 e. The van der Waals surface area contributed by atoms with Crippen molar-refractivity contribution in [2.45, 2.75) is 38.1 Å². The number of amides is 3. The van der Waals surface area contributed by atoms with Gasteiger partial charge in [0.15, 0.2) is 5.96 Å². The number of guanidine groups is 1. The number of hydrogen-bond acceptors (Lipinski definition) is 4. The number of urea groups is 1. The molecule has 8 heteroatoms. The van der Waals surface area contributed by atoms with Crippen LogP contribution in [0.5, 0.6) is 0 Å². The first kappa shape index (κ1) is 18.0. The van der Waals surface area contributed by atoms with E-state index in [2.05, 4.69) is 30.7 Å². The number of piperidine rings is 1. The van der Waals surface area contributed by atoms with Crippen molar-refractivity contribution in [3.05, 3.63) is 0 Å². The highest BCUT2D eigenvalue weighted by molar-refractivity contribution is 6.07. The summed E-state index contributed by atoms with van der Waals surface area (Å²) in [6, 6.07) is -0.380. The molecule has 1 unspecified atom stereocenters. The predicted octanol–water partition coefficient (Wildman–Crippen LogP) is -0.0323. The molecule has 0 saturated carbocycles. The molecule has 3 aliphatic rings. The molecule has 0 spiro atoms. The van der Waals surface area contributed by atoms with E-state index in [1.807, 2.05) is 14.0 Å². The molecular weight excluding hydrogens is 320 g/mol. The summed E-state index contributed by atoms with van der Waals surface area (Å²) < 4.78 is 0. The molecule has 0 aliphatic carbocycles. The Morgan fingerprint density at radius 3 is 2.48 bits per heavy atom. The second kappa shape index (κ2) is 7.59. The Labute approximate surface area is 149 Å². The molecule has 3 amide bonds. The molecule has 3 aliphatic heterocycles. The largest absolute Gasteiger partial charge is 0.355 e. The van der Waals surface area contributed by atoms with Crippen molar-refractivity contribution in [3.8, 4) is 0 Å². The lowest BCUT2D eigenvalue weighted by atomic mass is 9.79. The first-order valence-corrected chi connectivity index (χ1v) is 9.34. The first-order valence-electron chi connectivity index (χ1n) is 9.34. The molecule has 8 nitrogen and oxygen atoms in total. The minimum absolute atomic E-state index is 0.151. The van der Waals surface area contributed by atoms with Crippen LogP contribution in [0.2, 0.25) is 0 Å². The zero-order valence-electron chi connectivity index (χ0n) is 15.3. The average molecular weight is 350 g/mol. The van der Waals surface area contributed by atoms with Crippen LogP contribution in [-0.4, -0.2) is 79.6 Å². The zero-order chi connectivity index (χ0) is 17.9. The average Bonchev–Trinajstić information content (AvgIpc) is 3.20. The Morgan fingerprint density at radius 1 is 1.24 bits per heavy atom. The third-order valence-corrected chi connectivity index (χ3v) is 5.80. The molecular formula is C17H30N6O2. The lowest BCUT2D eigenvalue weighted by Crippen LogP contribution is -2.55. The molecule has 0 aromatic heterocycles. The standard InChI is InChI=1S/C17H30N6O2/c1-17(14(24)20-16(25)21-17)13-5-10-23(11-6-13)15(18-2)19-7-12-22-8-3-4-9-22/h13H,3-12H2,1-2H3,(H,18,19)(H2,20,21,24,25). The van der Waals surface area contributed by atoms with Crippen LogP contribution in [0, 0.1) is 5.92 Å². The molecule has 3 rings (SSSR count). The van der Waals surface area contributed by atoms with Gasteiger partial charge >= 0.3 is 6.03 Å². The number of imide groups is 1. The van der Waals surface area contributed by atoms with Crippen LogP contribution in [0.15, 0.2) is 4.99 Å². The summed E-state index contributed by atoms with van der Waals surface area (Å²) in [6.07, 6.45) is 4.34. The Morgan fingerprint density at radius 2 is 1.92 bits per heavy atom. The third kappa shape index (κ3) is 3.89. The smallest absolute Gasteiger partial charge is 0.322 e. The van der Waals surface area contributed by atoms with Crippen molar-refractivity contribution in [2.24, 2.45) is 10.9 Å². The first-order chi connectivity index (χ1) is 12.0. The van der Waals surface area contributed by atoms with Crippen molar-refractivity contribution in [1.29, 1.82) is 0 Å². The van der Waals surface area contributed by atoms with Gasteiger partial charge < -0.3 is 20.4 Å². The summed E-state index contributed by atoms with van der Waals surface area (Å²) in [5, 5.41) is 8.63. The van der Waals surface area contributed by atoms with Crippen molar-refractivity contribution >= 4 is 17.9 Å². The fraction of sp³-hybridized carbons (Fsp3) is 0.824. The Kier molecular flexibility index (Phi) is 5.46. The number of carbonyl (C=O) groups excluding carboxylic acids is 2. The highest BCUT2D eigenvalue weighted by Gasteiger charge is 2.48. The number of hydrogen-bond donors (Lipinski definition) is 3. The second-order valence-electron chi connectivity index (χ2n) is 7.39. The summed E-state index contributed by atoms with van der Waals surface area (Å²) in [5.74, 6) is 0.879. The third-order valence-electron chi connectivity index (χ3n) is 5.80. The van der Waals surface area contributed by atoms with Crippen LogP contribution in [0.25, 0.3) is 0 Å². The van der Waals surface area contributed by atoms with Crippen LogP contribution < -0.4 is 16.0 Å². The zero-order valence-corrected chi connectivity index (χ0v) is 15.3. The highest BCUT2D eigenvalue weighted by atomic mass is 16.2. The minimum Gasteiger partial charge on any atom is -0.355 e. The van der Waals surface area contributed by atoms with E-state index in [0.29, 0.717) is 0 Å². The number of carbonyl (C=O) groups is 2. The maximum absolute atomic E-state index is 12.1. The fourth-order valence-corrected chi connectivity index (χ4v) is 4.18. The van der Waals surface area contributed by atoms with Gasteiger partial charge in [-0.05, 0) is 51.6 Å². The molecule has 1 atom stereocenters. The molecule has 3 fully saturated rings. The monoisotopic (exact) mass is 350 g/mol. The van der Waals surface area contributed by atoms with Gasteiger partial charge in [-0.2, -0.15) is 0 Å². The van der Waals surface area contributed by atoms with Crippen LogP contribution in [0.1, 0.15) is 32.6 Å². The van der Waals surface area contributed by atoms with E-state index in [-0.39, 0.29) is 17.9 Å². The second-order valence-corrected chi connectivity index (χ2v) is 7.39. The minimum atomic E-state index is -0.782. The molecule has 0 bridgehead atoms. The van der Waals surface area contributed by atoms with E-state index >= 15 is 0 Å². The van der Waals surface area contributed by atoms with E-state index in [9.17, 15) is 9.59 Å². The highest BCUT2D eigenvalue weighted by Crippen LogP contribution is 2.30. The van der Waals surface area contributed by atoms with Gasteiger partial charge in [0.05, 0.1) is 0 Å². The van der Waals surface area contributed by atoms with Gasteiger partial charge in [0.1, 0.15) is 5.54 Å². The molecule has 0 radical (unpaired) electrons. The van der Waals surface area contributed by atoms with E-state index in [0.717, 1.165) is 45.0 Å². The summed E-state index contributed by atoms with van der Waals surface area (Å²) in [6.45, 7) is 7.88. The lowest BCUT2D eigenvalue weighted by molar-refractivity contribution is -0.125. The van der Waals surface area contributed by atoms with Crippen molar-refractivity contribution in [2.75, 3.05) is 46.3 Å². The Hall–Kier alpha value is -1.83. The number of aliphatic imine (C=N–C) groups is 1. The van der Waals surface area contributed by atoms with Crippen molar-refractivity contribution < 1.29 is 9.59 Å². The Balaban J connectivity index is 1.47. The molecule has 3 heterocycles. The van der Waals surface area contributed by atoms with E-state index < -0.39 is 5.54 Å². The summed E-state index contributed by atoms with van der Waals surface area (Å²) >= 11 is 0. The van der Waals surface area contributed by atoms with Gasteiger partial charge in [0, 0.05) is 33.2 Å². The SMILES string of the molecule is CN=C(NCCN1CCCC1)N1CCC(C2(C)NC(=O)NC2=O)CC1. The van der Waals surface area contributed by atoms with Crippen molar-refractivity contribution in [3.63, 3.8) is 0 Å². The van der Waals surface area contributed by atoms with Crippen LogP contribution in [0.4, 0.5) is 4.79 Å². The van der Waals surface area contributed by atoms with Crippen LogP contribution >= 0.6 is 0 Å². The van der Waals surface area contributed by atoms with Gasteiger partial charge in [-0.1, -0.05) is 0 Å². The lowest BCUT2D eigenvalue weighted by Gasteiger charge is -2.39. The summed E-state index contributed by atoms with van der Waals surface area (Å²) in [5.41, 5.74) is -0.782. The van der Waals surface area contributed by atoms with Gasteiger partial charge in [-0.3, -0.25) is 15.1 Å². The van der Waals surface area contributed by atoms with Gasteiger partial charge in [0.2, 0.25) is 0 Å². The number of nitrogens with zero attached hydrogens (tertiary/aromatic N) is 3. The molecule has 0 aromatic rings. The number of nitrogens with one attached hydrogen (secondary N) is 3. The van der Waals surface area contributed by atoms with Crippen LogP contribution in [0.3, 0.4) is 0 Å². The number of rotatable bonds is 4. The number of likely N-dealkylation sites (tertiary alicyclic amines) is 2. The maximum atomic E-state index is 12.1. The molecule has 3 saturated heterocycles. The molecule has 140 valence electrons. The van der Waals surface area contributed by atoms with Gasteiger partial charge in [0.25, 0.3) is 5.91 Å². The summed E-state index contributed by atoms with van der Waals surface area (Å²) in [4.78, 5) is 32.7. The molecule has 0 aromatic carbocycles. The van der Waals surface area contributed by atoms with Crippen molar-refractivity contribution in [1.82, 2.24) is 25.8 Å².